The Balaban J connectivity index is 1.72. The van der Waals surface area contributed by atoms with E-state index in [9.17, 15) is 14.0 Å². The van der Waals surface area contributed by atoms with Crippen LogP contribution < -0.4 is 10.1 Å². The molecule has 1 heterocycles. The van der Waals surface area contributed by atoms with Crippen molar-refractivity contribution in [3.8, 4) is 5.75 Å². The van der Waals surface area contributed by atoms with Crippen LogP contribution in [-0.4, -0.2) is 35.9 Å². The molecule has 6 heteroatoms. The number of halogens is 1. The van der Waals surface area contributed by atoms with Crippen molar-refractivity contribution >= 4 is 17.5 Å². The van der Waals surface area contributed by atoms with Crippen LogP contribution in [0.25, 0.3) is 0 Å². The minimum atomic E-state index is -0.748. The molecular formula is C23H27FN2O3. The van der Waals surface area contributed by atoms with Crippen molar-refractivity contribution in [3.05, 3.63) is 59.9 Å². The van der Waals surface area contributed by atoms with E-state index in [1.54, 1.807) is 24.3 Å². The van der Waals surface area contributed by atoms with Crippen molar-refractivity contribution in [2.75, 3.05) is 18.4 Å². The maximum atomic E-state index is 13.1. The summed E-state index contributed by atoms with van der Waals surface area (Å²) in [6, 6.07) is 12.6. The fourth-order valence-electron chi connectivity index (χ4n) is 3.44. The molecular weight excluding hydrogens is 371 g/mol. The molecule has 0 saturated carbocycles. The smallest absolute Gasteiger partial charge is 0.265 e. The van der Waals surface area contributed by atoms with Crippen LogP contribution in [0.4, 0.5) is 10.1 Å². The van der Waals surface area contributed by atoms with Crippen molar-refractivity contribution in [2.24, 2.45) is 0 Å². The Morgan fingerprint density at radius 2 is 1.69 bits per heavy atom. The first-order valence-corrected chi connectivity index (χ1v) is 10.2. The van der Waals surface area contributed by atoms with E-state index in [0.29, 0.717) is 23.4 Å². The Morgan fingerprint density at radius 1 is 1.03 bits per heavy atom. The Morgan fingerprint density at radius 3 is 2.34 bits per heavy atom. The Labute approximate surface area is 170 Å². The first kappa shape index (κ1) is 20.8. The van der Waals surface area contributed by atoms with Crippen LogP contribution in [-0.2, 0) is 4.79 Å². The van der Waals surface area contributed by atoms with Gasteiger partial charge >= 0.3 is 0 Å². The molecule has 1 saturated heterocycles. The third kappa shape index (κ3) is 5.56. The van der Waals surface area contributed by atoms with Gasteiger partial charge in [0, 0.05) is 13.1 Å². The number of carbonyl (C=O) groups excluding carboxylic acids is 2. The van der Waals surface area contributed by atoms with Gasteiger partial charge in [0.1, 0.15) is 11.6 Å². The SMILES string of the molecule is CC[C@@H](Oc1ccc(F)cc1)C(=O)Nc1ccccc1C(=O)N1CCCCCC1. The Hall–Kier alpha value is -2.89. The topological polar surface area (TPSA) is 58.6 Å². The minimum Gasteiger partial charge on any atom is -0.481 e. The van der Waals surface area contributed by atoms with Crippen LogP contribution in [0.1, 0.15) is 49.4 Å². The number of rotatable bonds is 6. The molecule has 1 fully saturated rings. The third-order valence-electron chi connectivity index (χ3n) is 5.06. The maximum absolute atomic E-state index is 13.1. The lowest BCUT2D eigenvalue weighted by atomic mass is 10.1. The van der Waals surface area contributed by atoms with Crippen molar-refractivity contribution in [3.63, 3.8) is 0 Å². The first-order chi connectivity index (χ1) is 14.1. The molecule has 1 N–H and O–H groups in total. The second-order valence-corrected chi connectivity index (χ2v) is 7.21. The van der Waals surface area contributed by atoms with Gasteiger partial charge in [-0.2, -0.15) is 0 Å². The largest absolute Gasteiger partial charge is 0.481 e. The van der Waals surface area contributed by atoms with Gasteiger partial charge < -0.3 is 15.0 Å². The van der Waals surface area contributed by atoms with Gasteiger partial charge in [0.15, 0.2) is 6.10 Å². The van der Waals surface area contributed by atoms with Crippen molar-refractivity contribution in [1.82, 2.24) is 4.90 Å². The van der Waals surface area contributed by atoms with E-state index in [0.717, 1.165) is 38.8 Å². The minimum absolute atomic E-state index is 0.0599. The Kier molecular flexibility index (Phi) is 7.22. The van der Waals surface area contributed by atoms with Gasteiger partial charge in [-0.3, -0.25) is 9.59 Å². The number of nitrogens with zero attached hydrogens (tertiary/aromatic N) is 1. The molecule has 154 valence electrons. The van der Waals surface area contributed by atoms with Gasteiger partial charge in [0.2, 0.25) is 0 Å². The van der Waals surface area contributed by atoms with Gasteiger partial charge in [-0.1, -0.05) is 31.9 Å². The molecule has 1 aliphatic heterocycles. The summed E-state index contributed by atoms with van der Waals surface area (Å²) in [6.07, 6.45) is 3.97. The summed E-state index contributed by atoms with van der Waals surface area (Å²) in [6.45, 7) is 3.32. The average molecular weight is 398 g/mol. The highest BCUT2D eigenvalue weighted by molar-refractivity contribution is 6.04. The molecule has 29 heavy (non-hydrogen) atoms. The number of para-hydroxylation sites is 1. The summed E-state index contributed by atoms with van der Waals surface area (Å²) < 4.78 is 18.8. The van der Waals surface area contributed by atoms with Crippen LogP contribution in [0.2, 0.25) is 0 Å². The molecule has 0 bridgehead atoms. The van der Waals surface area contributed by atoms with Crippen LogP contribution >= 0.6 is 0 Å². The molecule has 3 rings (SSSR count). The van der Waals surface area contributed by atoms with Gasteiger partial charge in [0.05, 0.1) is 11.3 Å². The zero-order valence-electron chi connectivity index (χ0n) is 16.7. The van der Waals surface area contributed by atoms with Crippen LogP contribution in [0.15, 0.2) is 48.5 Å². The second kappa shape index (κ2) is 10.0. The van der Waals surface area contributed by atoms with Crippen molar-refractivity contribution in [1.29, 1.82) is 0 Å². The number of anilines is 1. The van der Waals surface area contributed by atoms with E-state index in [1.807, 2.05) is 11.8 Å². The average Bonchev–Trinajstić information content (AvgIpc) is 3.03. The predicted octanol–water partition coefficient (Wildman–Crippen LogP) is 4.64. The lowest BCUT2D eigenvalue weighted by molar-refractivity contribution is -0.122. The summed E-state index contributed by atoms with van der Waals surface area (Å²) in [5, 5.41) is 2.84. The molecule has 1 atom stereocenters. The lowest BCUT2D eigenvalue weighted by Gasteiger charge is -2.23. The molecule has 2 aromatic carbocycles. The van der Waals surface area contributed by atoms with Gasteiger partial charge in [-0.15, -0.1) is 0 Å². The zero-order chi connectivity index (χ0) is 20.6. The van der Waals surface area contributed by atoms with E-state index in [1.165, 1.54) is 24.3 Å². The molecule has 1 aliphatic rings. The van der Waals surface area contributed by atoms with E-state index < -0.39 is 6.10 Å². The van der Waals surface area contributed by atoms with E-state index in [2.05, 4.69) is 5.32 Å². The fraction of sp³-hybridized carbons (Fsp3) is 0.391. The number of ether oxygens (including phenoxy) is 1. The summed E-state index contributed by atoms with van der Waals surface area (Å²) in [5.74, 6) is -0.346. The third-order valence-corrected chi connectivity index (χ3v) is 5.06. The van der Waals surface area contributed by atoms with Crippen molar-refractivity contribution < 1.29 is 18.7 Å². The molecule has 2 aromatic rings. The second-order valence-electron chi connectivity index (χ2n) is 7.21. The van der Waals surface area contributed by atoms with Gasteiger partial charge in [-0.25, -0.2) is 4.39 Å². The number of likely N-dealkylation sites (tertiary alicyclic amines) is 1. The summed E-state index contributed by atoms with van der Waals surface area (Å²) in [7, 11) is 0. The predicted molar refractivity (Wildman–Crippen MR) is 111 cm³/mol. The Bertz CT molecular complexity index is 830. The summed E-state index contributed by atoms with van der Waals surface area (Å²) >= 11 is 0. The maximum Gasteiger partial charge on any atom is 0.265 e. The van der Waals surface area contributed by atoms with E-state index >= 15 is 0 Å². The number of amides is 2. The molecule has 0 aliphatic carbocycles. The highest BCUT2D eigenvalue weighted by atomic mass is 19.1. The van der Waals surface area contributed by atoms with E-state index in [4.69, 9.17) is 4.74 Å². The summed E-state index contributed by atoms with van der Waals surface area (Å²) in [5.41, 5.74) is 0.965. The highest BCUT2D eigenvalue weighted by Crippen LogP contribution is 2.21. The molecule has 0 spiro atoms. The highest BCUT2D eigenvalue weighted by Gasteiger charge is 2.23. The fourth-order valence-corrected chi connectivity index (χ4v) is 3.44. The summed E-state index contributed by atoms with van der Waals surface area (Å²) in [4.78, 5) is 27.7. The molecule has 0 radical (unpaired) electrons. The number of hydrogen-bond acceptors (Lipinski definition) is 3. The standard InChI is InChI=1S/C23H27FN2O3/c1-2-21(29-18-13-11-17(24)12-14-18)22(27)25-20-10-6-5-9-19(20)23(28)26-15-7-3-4-8-16-26/h5-6,9-14,21H,2-4,7-8,15-16H2,1H3,(H,25,27)/t21-/m1/s1. The quantitative estimate of drug-likeness (QED) is 0.771. The lowest BCUT2D eigenvalue weighted by Crippen LogP contribution is -2.35. The number of carbonyl (C=O) groups is 2. The zero-order valence-corrected chi connectivity index (χ0v) is 16.7. The monoisotopic (exact) mass is 398 g/mol. The first-order valence-electron chi connectivity index (χ1n) is 10.2. The number of nitrogens with one attached hydrogen (secondary N) is 1. The van der Waals surface area contributed by atoms with Crippen LogP contribution in [0.5, 0.6) is 5.75 Å². The molecule has 0 unspecified atom stereocenters. The van der Waals surface area contributed by atoms with Crippen LogP contribution in [0.3, 0.4) is 0 Å². The molecule has 2 amide bonds. The number of hydrogen-bond donors (Lipinski definition) is 1. The normalized spacial score (nSPS) is 15.3. The van der Waals surface area contributed by atoms with Crippen molar-refractivity contribution in [2.45, 2.75) is 45.1 Å². The van der Waals surface area contributed by atoms with Gasteiger partial charge in [-0.05, 0) is 55.7 Å². The molecule has 5 nitrogen and oxygen atoms in total. The van der Waals surface area contributed by atoms with E-state index in [-0.39, 0.29) is 17.6 Å². The van der Waals surface area contributed by atoms with Crippen LogP contribution in [0, 0.1) is 5.82 Å². The molecule has 0 aromatic heterocycles. The van der Waals surface area contributed by atoms with Gasteiger partial charge in [0.25, 0.3) is 11.8 Å². The number of benzene rings is 2.